The van der Waals surface area contributed by atoms with Crippen LogP contribution < -0.4 is 10.6 Å². The molecule has 29 heavy (non-hydrogen) atoms. The predicted molar refractivity (Wildman–Crippen MR) is 117 cm³/mol. The summed E-state index contributed by atoms with van der Waals surface area (Å²) in [5.74, 6) is -0.343. The summed E-state index contributed by atoms with van der Waals surface area (Å²) in [6, 6.07) is 15.4. The Labute approximate surface area is 177 Å². The first-order valence-corrected chi connectivity index (χ1v) is 10.6. The third kappa shape index (κ3) is 5.30. The highest BCUT2D eigenvalue weighted by Gasteiger charge is 2.35. The van der Waals surface area contributed by atoms with Gasteiger partial charge in [-0.1, -0.05) is 48.9 Å². The van der Waals surface area contributed by atoms with Crippen molar-refractivity contribution in [1.82, 2.24) is 10.2 Å². The van der Waals surface area contributed by atoms with Crippen molar-refractivity contribution < 1.29 is 9.59 Å². The molecule has 2 N–H and O–H groups in total. The summed E-state index contributed by atoms with van der Waals surface area (Å²) >= 11 is 6.01. The first kappa shape index (κ1) is 21.2. The van der Waals surface area contributed by atoms with Crippen LogP contribution in [-0.4, -0.2) is 29.9 Å². The van der Waals surface area contributed by atoms with Gasteiger partial charge in [0.05, 0.1) is 12.0 Å². The number of likely N-dealkylation sites (tertiary alicyclic amines) is 1. The summed E-state index contributed by atoms with van der Waals surface area (Å²) in [4.78, 5) is 27.4. The molecule has 1 aliphatic rings. The van der Waals surface area contributed by atoms with E-state index in [0.29, 0.717) is 23.8 Å². The molecule has 0 spiro atoms. The molecule has 6 heteroatoms. The Morgan fingerprint density at radius 3 is 2.52 bits per heavy atom. The summed E-state index contributed by atoms with van der Waals surface area (Å²) in [5.41, 5.74) is 3.05. The third-order valence-electron chi connectivity index (χ3n) is 5.41. The number of urea groups is 1. The number of piperidine rings is 1. The van der Waals surface area contributed by atoms with E-state index in [4.69, 9.17) is 11.6 Å². The van der Waals surface area contributed by atoms with E-state index in [-0.39, 0.29) is 23.9 Å². The van der Waals surface area contributed by atoms with Crippen LogP contribution in [0, 0.1) is 5.92 Å². The molecule has 5 nitrogen and oxygen atoms in total. The summed E-state index contributed by atoms with van der Waals surface area (Å²) in [5, 5.41) is 6.40. The number of anilines is 1. The van der Waals surface area contributed by atoms with Crippen molar-refractivity contribution in [3.05, 3.63) is 64.7 Å². The molecule has 1 heterocycles. The lowest BCUT2D eigenvalue weighted by Crippen LogP contribution is -2.49. The maximum absolute atomic E-state index is 12.8. The smallest absolute Gasteiger partial charge is 0.317 e. The number of rotatable bonds is 5. The molecule has 2 atom stereocenters. The van der Waals surface area contributed by atoms with Gasteiger partial charge < -0.3 is 15.5 Å². The van der Waals surface area contributed by atoms with Gasteiger partial charge in [0, 0.05) is 23.8 Å². The van der Waals surface area contributed by atoms with Gasteiger partial charge in [-0.3, -0.25) is 4.79 Å². The minimum absolute atomic E-state index is 0.0253. The van der Waals surface area contributed by atoms with E-state index >= 15 is 0 Å². The number of halogens is 1. The zero-order valence-electron chi connectivity index (χ0n) is 17.0. The standard InChI is InChI=1S/C23H28ClN3O2/c1-3-16-8-10-17(11-9-16)21-13-12-18(15-27(21)23(29)25-4-2)22(28)26-20-7-5-6-19(24)14-20/h5-11,14,18,21H,3-4,12-13,15H2,1-2H3,(H,25,29)(H,26,28). The fourth-order valence-electron chi connectivity index (χ4n) is 3.79. The number of carbonyl (C=O) groups is 2. The van der Waals surface area contributed by atoms with Crippen molar-refractivity contribution in [1.29, 1.82) is 0 Å². The summed E-state index contributed by atoms with van der Waals surface area (Å²) in [6.45, 7) is 4.96. The Bertz CT molecular complexity index is 853. The van der Waals surface area contributed by atoms with Crippen LogP contribution in [0.2, 0.25) is 5.02 Å². The van der Waals surface area contributed by atoms with E-state index in [1.807, 2.05) is 13.0 Å². The highest BCUT2D eigenvalue weighted by Crippen LogP contribution is 2.34. The number of hydrogen-bond donors (Lipinski definition) is 2. The van der Waals surface area contributed by atoms with Crippen molar-refractivity contribution in [2.24, 2.45) is 5.92 Å². The fourth-order valence-corrected chi connectivity index (χ4v) is 3.99. The molecular formula is C23H28ClN3O2. The van der Waals surface area contributed by atoms with Gasteiger partial charge in [-0.15, -0.1) is 0 Å². The molecule has 0 radical (unpaired) electrons. The zero-order valence-corrected chi connectivity index (χ0v) is 17.7. The second-order valence-corrected chi connectivity index (χ2v) is 7.81. The van der Waals surface area contributed by atoms with Crippen LogP contribution in [0.3, 0.4) is 0 Å². The lowest BCUT2D eigenvalue weighted by Gasteiger charge is -2.39. The van der Waals surface area contributed by atoms with Gasteiger partial charge >= 0.3 is 6.03 Å². The number of aryl methyl sites for hydroxylation is 1. The lowest BCUT2D eigenvalue weighted by atomic mass is 9.88. The van der Waals surface area contributed by atoms with E-state index in [1.165, 1.54) is 5.56 Å². The van der Waals surface area contributed by atoms with E-state index in [2.05, 4.69) is 41.8 Å². The molecule has 0 aromatic heterocycles. The van der Waals surface area contributed by atoms with Crippen LogP contribution >= 0.6 is 11.6 Å². The molecule has 1 aliphatic heterocycles. The molecule has 3 amide bonds. The fraction of sp³-hybridized carbons (Fsp3) is 0.391. The van der Waals surface area contributed by atoms with Crippen LogP contribution in [0.5, 0.6) is 0 Å². The highest BCUT2D eigenvalue weighted by molar-refractivity contribution is 6.30. The molecular weight excluding hydrogens is 386 g/mol. The van der Waals surface area contributed by atoms with Gasteiger partial charge in [0.2, 0.25) is 5.91 Å². The molecule has 2 unspecified atom stereocenters. The van der Waals surface area contributed by atoms with Gasteiger partial charge in [0.1, 0.15) is 0 Å². The second kappa shape index (κ2) is 9.79. The maximum atomic E-state index is 12.8. The van der Waals surface area contributed by atoms with Crippen molar-refractivity contribution in [2.75, 3.05) is 18.4 Å². The minimum atomic E-state index is -0.261. The molecule has 3 rings (SSSR count). The zero-order chi connectivity index (χ0) is 20.8. The number of benzene rings is 2. The molecule has 154 valence electrons. The first-order chi connectivity index (χ1) is 14.0. The predicted octanol–water partition coefficient (Wildman–Crippen LogP) is 5.02. The Kier molecular flexibility index (Phi) is 7.15. The topological polar surface area (TPSA) is 61.4 Å². The highest BCUT2D eigenvalue weighted by atomic mass is 35.5. The van der Waals surface area contributed by atoms with Gasteiger partial charge in [-0.2, -0.15) is 0 Å². The number of hydrogen-bond acceptors (Lipinski definition) is 2. The number of nitrogens with one attached hydrogen (secondary N) is 2. The molecule has 1 fully saturated rings. The van der Waals surface area contributed by atoms with E-state index < -0.39 is 0 Å². The van der Waals surface area contributed by atoms with Gasteiger partial charge in [0.15, 0.2) is 0 Å². The minimum Gasteiger partial charge on any atom is -0.338 e. The van der Waals surface area contributed by atoms with E-state index in [9.17, 15) is 9.59 Å². The van der Waals surface area contributed by atoms with Crippen LogP contribution in [0.1, 0.15) is 43.9 Å². The Morgan fingerprint density at radius 2 is 1.86 bits per heavy atom. The van der Waals surface area contributed by atoms with Crippen LogP contribution in [0.4, 0.5) is 10.5 Å². The number of nitrogens with zero attached hydrogens (tertiary/aromatic N) is 1. The quantitative estimate of drug-likeness (QED) is 0.722. The number of carbonyl (C=O) groups excluding carboxylic acids is 2. The molecule has 2 aromatic rings. The lowest BCUT2D eigenvalue weighted by molar-refractivity contribution is -0.121. The van der Waals surface area contributed by atoms with Crippen molar-refractivity contribution in [3.8, 4) is 0 Å². The van der Waals surface area contributed by atoms with Crippen molar-refractivity contribution in [2.45, 2.75) is 39.2 Å². The maximum Gasteiger partial charge on any atom is 0.317 e. The first-order valence-electron chi connectivity index (χ1n) is 10.2. The largest absolute Gasteiger partial charge is 0.338 e. The molecule has 0 bridgehead atoms. The SMILES string of the molecule is CCNC(=O)N1CC(C(=O)Nc2cccc(Cl)c2)CCC1c1ccc(CC)cc1. The van der Waals surface area contributed by atoms with Gasteiger partial charge in [-0.25, -0.2) is 4.79 Å². The third-order valence-corrected chi connectivity index (χ3v) is 5.64. The van der Waals surface area contributed by atoms with Gasteiger partial charge in [-0.05, 0) is 55.5 Å². The second-order valence-electron chi connectivity index (χ2n) is 7.37. The van der Waals surface area contributed by atoms with E-state index in [1.54, 1.807) is 23.1 Å². The number of amides is 3. The average molecular weight is 414 g/mol. The van der Waals surface area contributed by atoms with Crippen LogP contribution in [0.25, 0.3) is 0 Å². The Morgan fingerprint density at radius 1 is 1.10 bits per heavy atom. The van der Waals surface area contributed by atoms with Crippen LogP contribution in [0.15, 0.2) is 48.5 Å². The summed E-state index contributed by atoms with van der Waals surface area (Å²) in [7, 11) is 0. The molecule has 1 saturated heterocycles. The van der Waals surface area contributed by atoms with E-state index in [0.717, 1.165) is 24.8 Å². The van der Waals surface area contributed by atoms with Crippen molar-refractivity contribution in [3.63, 3.8) is 0 Å². The summed E-state index contributed by atoms with van der Waals surface area (Å²) in [6.07, 6.45) is 2.45. The van der Waals surface area contributed by atoms with Crippen LogP contribution in [-0.2, 0) is 11.2 Å². The Balaban J connectivity index is 1.75. The molecule has 0 saturated carbocycles. The monoisotopic (exact) mass is 413 g/mol. The Hall–Kier alpha value is -2.53. The molecule has 0 aliphatic carbocycles. The summed E-state index contributed by atoms with van der Waals surface area (Å²) < 4.78 is 0. The average Bonchev–Trinajstić information content (AvgIpc) is 2.73. The van der Waals surface area contributed by atoms with Crippen molar-refractivity contribution >= 4 is 29.2 Å². The molecule has 2 aromatic carbocycles. The normalized spacial score (nSPS) is 18.9. The van der Waals surface area contributed by atoms with Gasteiger partial charge in [0.25, 0.3) is 0 Å².